The second-order valence-corrected chi connectivity index (χ2v) is 6.41. The number of hydrogen-bond donors (Lipinski definition) is 2. The van der Waals surface area contributed by atoms with Crippen LogP contribution in [0.25, 0.3) is 10.9 Å². The number of carbonyl (C=O) groups is 2. The monoisotopic (exact) mass is 409 g/mol. The van der Waals surface area contributed by atoms with Crippen molar-refractivity contribution < 1.29 is 19.8 Å². The van der Waals surface area contributed by atoms with Crippen LogP contribution in [0.3, 0.4) is 0 Å². The van der Waals surface area contributed by atoms with Crippen LogP contribution in [-0.4, -0.2) is 36.9 Å². The van der Waals surface area contributed by atoms with Gasteiger partial charge in [-0.05, 0) is 41.5 Å². The van der Waals surface area contributed by atoms with Crippen LogP contribution < -0.4 is 0 Å². The molecule has 0 fully saturated rings. The molecule has 146 valence electrons. The molecule has 29 heavy (non-hydrogen) atoms. The van der Waals surface area contributed by atoms with Gasteiger partial charge in [-0.25, -0.2) is 9.59 Å². The Morgan fingerprint density at radius 2 is 1.69 bits per heavy atom. The SMILES string of the molecule is Clc1cccc(C(c2ccnc3ccccc23)n2cccn2)c1.O=C(O)C(=O)O. The van der Waals surface area contributed by atoms with Crippen LogP contribution >= 0.6 is 11.6 Å². The molecule has 4 rings (SSSR count). The minimum Gasteiger partial charge on any atom is -0.473 e. The van der Waals surface area contributed by atoms with Gasteiger partial charge in [-0.1, -0.05) is 41.9 Å². The zero-order chi connectivity index (χ0) is 20.8. The Balaban J connectivity index is 0.000000353. The van der Waals surface area contributed by atoms with Gasteiger partial charge in [-0.15, -0.1) is 0 Å². The minimum absolute atomic E-state index is 0.0448. The summed E-state index contributed by atoms with van der Waals surface area (Å²) in [5, 5.41) is 21.1. The lowest BCUT2D eigenvalue weighted by atomic mass is 9.96. The Bertz CT molecular complexity index is 1130. The fourth-order valence-corrected chi connectivity index (χ4v) is 3.14. The second-order valence-electron chi connectivity index (χ2n) is 5.97. The molecule has 0 saturated carbocycles. The molecule has 0 saturated heterocycles. The summed E-state index contributed by atoms with van der Waals surface area (Å²) in [5.41, 5.74) is 3.23. The third kappa shape index (κ3) is 4.77. The number of hydrogen-bond acceptors (Lipinski definition) is 4. The van der Waals surface area contributed by atoms with Crippen LogP contribution in [0.5, 0.6) is 0 Å². The molecule has 0 bridgehead atoms. The Morgan fingerprint density at radius 3 is 2.34 bits per heavy atom. The summed E-state index contributed by atoms with van der Waals surface area (Å²) < 4.78 is 1.95. The molecule has 0 aliphatic rings. The highest BCUT2D eigenvalue weighted by Crippen LogP contribution is 2.31. The molecule has 7 nitrogen and oxygen atoms in total. The summed E-state index contributed by atoms with van der Waals surface area (Å²) in [4.78, 5) is 22.7. The third-order valence-electron chi connectivity index (χ3n) is 4.11. The minimum atomic E-state index is -1.82. The maximum Gasteiger partial charge on any atom is 0.414 e. The number of benzene rings is 2. The Kier molecular flexibility index (Phi) is 6.21. The van der Waals surface area contributed by atoms with Crippen LogP contribution in [0.1, 0.15) is 17.2 Å². The van der Waals surface area contributed by atoms with E-state index in [0.29, 0.717) is 0 Å². The van der Waals surface area contributed by atoms with E-state index in [1.165, 1.54) is 0 Å². The largest absolute Gasteiger partial charge is 0.473 e. The van der Waals surface area contributed by atoms with Crippen LogP contribution in [0.4, 0.5) is 0 Å². The number of pyridine rings is 1. The van der Waals surface area contributed by atoms with E-state index in [1.54, 1.807) is 6.20 Å². The first kappa shape index (κ1) is 20.0. The molecule has 0 aliphatic carbocycles. The number of carboxylic acid groups (broad SMARTS) is 2. The smallest absolute Gasteiger partial charge is 0.414 e. The lowest BCUT2D eigenvalue weighted by molar-refractivity contribution is -0.159. The third-order valence-corrected chi connectivity index (χ3v) is 4.35. The quantitative estimate of drug-likeness (QED) is 0.497. The van der Waals surface area contributed by atoms with Crippen molar-refractivity contribution in [2.24, 2.45) is 0 Å². The van der Waals surface area contributed by atoms with Crippen molar-refractivity contribution >= 4 is 34.4 Å². The lowest BCUT2D eigenvalue weighted by Gasteiger charge is -2.20. The van der Waals surface area contributed by atoms with Crippen molar-refractivity contribution in [1.82, 2.24) is 14.8 Å². The summed E-state index contributed by atoms with van der Waals surface area (Å²) in [7, 11) is 0. The van der Waals surface area contributed by atoms with Gasteiger partial charge in [0.15, 0.2) is 0 Å². The second kappa shape index (κ2) is 8.99. The van der Waals surface area contributed by atoms with E-state index >= 15 is 0 Å². The van der Waals surface area contributed by atoms with E-state index in [9.17, 15) is 0 Å². The molecule has 1 unspecified atom stereocenters. The van der Waals surface area contributed by atoms with Crippen LogP contribution in [0.15, 0.2) is 79.3 Å². The highest BCUT2D eigenvalue weighted by atomic mass is 35.5. The van der Waals surface area contributed by atoms with Crippen molar-refractivity contribution in [3.05, 3.63) is 95.4 Å². The molecular weight excluding hydrogens is 394 g/mol. The van der Waals surface area contributed by atoms with E-state index in [2.05, 4.69) is 28.3 Å². The van der Waals surface area contributed by atoms with Crippen molar-refractivity contribution in [3.63, 3.8) is 0 Å². The molecule has 2 aromatic heterocycles. The number of fused-ring (bicyclic) bond motifs is 1. The Morgan fingerprint density at radius 1 is 0.931 bits per heavy atom. The van der Waals surface area contributed by atoms with Crippen molar-refractivity contribution in [2.75, 3.05) is 0 Å². The van der Waals surface area contributed by atoms with E-state index in [4.69, 9.17) is 31.4 Å². The molecular formula is C21H16ClN3O4. The van der Waals surface area contributed by atoms with Gasteiger partial charge in [0.25, 0.3) is 0 Å². The molecule has 8 heteroatoms. The highest BCUT2D eigenvalue weighted by Gasteiger charge is 2.19. The van der Waals surface area contributed by atoms with Crippen molar-refractivity contribution in [1.29, 1.82) is 0 Å². The molecule has 4 aromatic rings. The maximum atomic E-state index is 9.10. The first-order chi connectivity index (χ1) is 14.0. The standard InChI is InChI=1S/C19H14ClN3.C2H2O4/c20-15-6-3-5-14(13-15)19(23-12-4-10-22-23)17-9-11-21-18-8-2-1-7-16(17)18;3-1(4)2(5)6/h1-13,19H;(H,3,4)(H,5,6). The average molecular weight is 410 g/mol. The molecule has 0 aliphatic heterocycles. The first-order valence-corrected chi connectivity index (χ1v) is 8.89. The fraction of sp³-hybridized carbons (Fsp3) is 0.0476. The number of carboxylic acids is 2. The number of nitrogens with zero attached hydrogens (tertiary/aromatic N) is 3. The fourth-order valence-electron chi connectivity index (χ4n) is 2.94. The summed E-state index contributed by atoms with van der Waals surface area (Å²) in [6.45, 7) is 0. The van der Waals surface area contributed by atoms with Gasteiger partial charge < -0.3 is 10.2 Å². The Hall–Kier alpha value is -3.71. The van der Waals surface area contributed by atoms with Gasteiger partial charge in [0.05, 0.1) is 5.52 Å². The number of para-hydroxylation sites is 1. The zero-order valence-electron chi connectivity index (χ0n) is 15.0. The van der Waals surface area contributed by atoms with E-state index in [-0.39, 0.29) is 6.04 Å². The molecule has 2 aromatic carbocycles. The van der Waals surface area contributed by atoms with Crippen LogP contribution in [-0.2, 0) is 9.59 Å². The molecule has 2 heterocycles. The van der Waals surface area contributed by atoms with Crippen molar-refractivity contribution in [3.8, 4) is 0 Å². The summed E-state index contributed by atoms with van der Waals surface area (Å²) in [6.07, 6.45) is 5.61. The van der Waals surface area contributed by atoms with Gasteiger partial charge in [0.1, 0.15) is 6.04 Å². The topological polar surface area (TPSA) is 105 Å². The summed E-state index contributed by atoms with van der Waals surface area (Å²) in [5.74, 6) is -3.65. The first-order valence-electron chi connectivity index (χ1n) is 8.52. The predicted octanol–water partition coefficient (Wildman–Crippen LogP) is 3.88. The van der Waals surface area contributed by atoms with Crippen molar-refractivity contribution in [2.45, 2.75) is 6.04 Å². The number of halogens is 1. The number of rotatable bonds is 3. The van der Waals surface area contributed by atoms with Gasteiger partial charge in [0.2, 0.25) is 0 Å². The molecule has 1 atom stereocenters. The molecule has 2 N–H and O–H groups in total. The zero-order valence-corrected chi connectivity index (χ0v) is 15.8. The average Bonchev–Trinajstić information content (AvgIpc) is 3.23. The summed E-state index contributed by atoms with van der Waals surface area (Å²) >= 11 is 6.21. The number of aliphatic carboxylic acids is 2. The van der Waals surface area contributed by atoms with E-state index < -0.39 is 11.9 Å². The maximum absolute atomic E-state index is 9.10. The van der Waals surface area contributed by atoms with E-state index in [0.717, 1.165) is 27.1 Å². The van der Waals surface area contributed by atoms with Crippen LogP contribution in [0.2, 0.25) is 5.02 Å². The van der Waals surface area contributed by atoms with E-state index in [1.807, 2.05) is 59.5 Å². The predicted molar refractivity (Wildman–Crippen MR) is 108 cm³/mol. The summed E-state index contributed by atoms with van der Waals surface area (Å²) in [6, 6.07) is 20.0. The van der Waals surface area contributed by atoms with Gasteiger partial charge in [0, 0.05) is 29.0 Å². The van der Waals surface area contributed by atoms with Gasteiger partial charge >= 0.3 is 11.9 Å². The van der Waals surface area contributed by atoms with Gasteiger partial charge in [-0.2, -0.15) is 5.10 Å². The van der Waals surface area contributed by atoms with Crippen LogP contribution in [0, 0.1) is 0 Å². The van der Waals surface area contributed by atoms with Gasteiger partial charge in [-0.3, -0.25) is 9.67 Å². The highest BCUT2D eigenvalue weighted by molar-refractivity contribution is 6.30. The lowest BCUT2D eigenvalue weighted by Crippen LogP contribution is -2.13. The number of aromatic nitrogens is 3. The molecule has 0 amide bonds. The Labute approximate surface area is 170 Å². The molecule has 0 spiro atoms. The normalized spacial score (nSPS) is 11.3. The molecule has 0 radical (unpaired) electrons.